The highest BCUT2D eigenvalue weighted by Crippen LogP contribution is 2.46. The highest BCUT2D eigenvalue weighted by Gasteiger charge is 2.37. The molecule has 0 saturated carbocycles. The third-order valence-electron chi connectivity index (χ3n) is 14.0. The van der Waals surface area contributed by atoms with E-state index in [1.54, 1.807) is 13.8 Å². The number of aliphatic hydroxyl groups is 4. The molecule has 14 heteroatoms. The zero-order valence-electron chi connectivity index (χ0n) is 40.3. The Morgan fingerprint density at radius 2 is 0.953 bits per heavy atom. The van der Waals surface area contributed by atoms with Crippen LogP contribution < -0.4 is 22.5 Å². The fraction of sp³-hybridized carbons (Fsp3) is 0.680. The number of allylic oxidation sites excluding steroid dienone is 8. The van der Waals surface area contributed by atoms with E-state index in [9.17, 15) is 39.6 Å². The van der Waals surface area contributed by atoms with Crippen molar-refractivity contribution in [3.05, 3.63) is 112 Å². The molecule has 4 rings (SSSR count). The van der Waals surface area contributed by atoms with Crippen molar-refractivity contribution >= 4 is 0 Å². The van der Waals surface area contributed by atoms with Gasteiger partial charge in [-0.3, -0.25) is 27.9 Å². The standard InChI is InChI=1S/C50H78N4O10/c1-33(15-11-17-35(3)21-25-51-45(59)37(5)29-53(47(51)61)43-27-39(57)41(31-55)63-43)19-13-23-49(7,8)50(9,10)24-14-20-34(2)16-12-18-36(4)22-26-52-46(60)38(6)30-54(48(52)62)44-28-40(58)42(32-56)64-44/h15-16,21-22,29-30,39-44,55-58H,11-14,17-20,23-28,31-32H2,1-10H3/t39-,40-,41-,42-,43-,44-/m1/s1. The summed E-state index contributed by atoms with van der Waals surface area (Å²) in [5, 5.41) is 39.2. The Morgan fingerprint density at radius 1 is 0.609 bits per heavy atom. The van der Waals surface area contributed by atoms with Crippen LogP contribution in [0.5, 0.6) is 0 Å². The zero-order chi connectivity index (χ0) is 47.5. The van der Waals surface area contributed by atoms with E-state index in [2.05, 4.69) is 53.7 Å². The van der Waals surface area contributed by atoms with Gasteiger partial charge in [0.1, 0.15) is 24.7 Å². The second-order valence-electron chi connectivity index (χ2n) is 19.8. The van der Waals surface area contributed by atoms with Crippen LogP contribution in [0, 0.1) is 24.7 Å². The lowest BCUT2D eigenvalue weighted by atomic mass is 9.63. The Kier molecular flexibility index (Phi) is 19.4. The first-order valence-electron chi connectivity index (χ1n) is 23.3. The Labute approximate surface area is 379 Å². The van der Waals surface area contributed by atoms with Crippen molar-refractivity contribution in [2.75, 3.05) is 13.2 Å². The molecular weight excluding hydrogens is 817 g/mol. The van der Waals surface area contributed by atoms with Gasteiger partial charge in [-0.2, -0.15) is 0 Å². The van der Waals surface area contributed by atoms with Gasteiger partial charge in [-0.25, -0.2) is 9.59 Å². The molecule has 0 unspecified atom stereocenters. The smallest absolute Gasteiger partial charge is 0.333 e. The van der Waals surface area contributed by atoms with Crippen LogP contribution in [0.2, 0.25) is 0 Å². The molecule has 2 aromatic rings. The first-order chi connectivity index (χ1) is 30.1. The molecule has 4 N–H and O–H groups in total. The summed E-state index contributed by atoms with van der Waals surface area (Å²) in [6.45, 7) is 20.9. The average molecular weight is 895 g/mol. The Bertz CT molecular complexity index is 2100. The molecule has 0 radical (unpaired) electrons. The fourth-order valence-corrected chi connectivity index (χ4v) is 8.64. The summed E-state index contributed by atoms with van der Waals surface area (Å²) in [5.74, 6) is 0. The average Bonchev–Trinajstić information content (AvgIpc) is 3.80. The molecule has 358 valence electrons. The highest BCUT2D eigenvalue weighted by molar-refractivity contribution is 5.10. The summed E-state index contributed by atoms with van der Waals surface area (Å²) in [5.41, 5.74) is 4.37. The van der Waals surface area contributed by atoms with Crippen LogP contribution in [0.4, 0.5) is 0 Å². The zero-order valence-corrected chi connectivity index (χ0v) is 40.3. The van der Waals surface area contributed by atoms with E-state index in [1.807, 2.05) is 26.0 Å². The predicted molar refractivity (Wildman–Crippen MR) is 251 cm³/mol. The van der Waals surface area contributed by atoms with Crippen LogP contribution in [-0.4, -0.2) is 76.3 Å². The molecule has 64 heavy (non-hydrogen) atoms. The number of aryl methyl sites for hydroxylation is 2. The van der Waals surface area contributed by atoms with Crippen molar-refractivity contribution < 1.29 is 29.9 Å². The molecule has 6 atom stereocenters. The topological polar surface area (TPSA) is 187 Å². The lowest BCUT2D eigenvalue weighted by Gasteiger charge is -2.42. The Hall–Kier alpha value is -3.92. The largest absolute Gasteiger partial charge is 0.394 e. The molecule has 2 aliphatic rings. The molecule has 2 saturated heterocycles. The van der Waals surface area contributed by atoms with Gasteiger partial charge in [0.05, 0.1) is 25.4 Å². The van der Waals surface area contributed by atoms with Crippen molar-refractivity contribution in [2.45, 2.75) is 196 Å². The minimum Gasteiger partial charge on any atom is -0.394 e. The van der Waals surface area contributed by atoms with Crippen LogP contribution in [-0.2, 0) is 22.6 Å². The molecule has 0 bridgehead atoms. The first-order valence-corrected chi connectivity index (χ1v) is 23.3. The number of hydrogen-bond donors (Lipinski definition) is 4. The molecule has 0 amide bonds. The summed E-state index contributed by atoms with van der Waals surface area (Å²) < 4.78 is 16.4. The molecule has 2 fully saturated rings. The maximum Gasteiger partial charge on any atom is 0.333 e. The first kappa shape index (κ1) is 52.7. The van der Waals surface area contributed by atoms with Crippen molar-refractivity contribution in [2.24, 2.45) is 10.8 Å². The number of nitrogens with zero attached hydrogens (tertiary/aromatic N) is 4. The Morgan fingerprint density at radius 3 is 1.28 bits per heavy atom. The summed E-state index contributed by atoms with van der Waals surface area (Å²) in [4.78, 5) is 52.3. The van der Waals surface area contributed by atoms with Crippen molar-refractivity contribution in [1.82, 2.24) is 18.3 Å². The molecule has 2 aliphatic heterocycles. The maximum absolute atomic E-state index is 13.3. The van der Waals surface area contributed by atoms with Gasteiger partial charge < -0.3 is 29.9 Å². The van der Waals surface area contributed by atoms with Gasteiger partial charge in [-0.1, -0.05) is 74.3 Å². The summed E-state index contributed by atoms with van der Waals surface area (Å²) in [7, 11) is 0. The number of rotatable bonds is 23. The summed E-state index contributed by atoms with van der Waals surface area (Å²) in [6, 6.07) is 0. The molecule has 14 nitrogen and oxygen atoms in total. The minimum absolute atomic E-state index is 0.151. The van der Waals surface area contributed by atoms with Gasteiger partial charge in [-0.05, 0) is 117 Å². The van der Waals surface area contributed by atoms with Crippen LogP contribution in [0.1, 0.15) is 156 Å². The van der Waals surface area contributed by atoms with Gasteiger partial charge in [0, 0.05) is 49.5 Å². The number of aliphatic hydroxyl groups excluding tert-OH is 4. The van der Waals surface area contributed by atoms with Crippen LogP contribution in [0.3, 0.4) is 0 Å². The monoisotopic (exact) mass is 895 g/mol. The van der Waals surface area contributed by atoms with E-state index >= 15 is 0 Å². The summed E-state index contributed by atoms with van der Waals surface area (Å²) >= 11 is 0. The van der Waals surface area contributed by atoms with Crippen molar-refractivity contribution in [3.8, 4) is 0 Å². The normalized spacial score (nSPS) is 22.8. The number of aromatic nitrogens is 4. The second-order valence-corrected chi connectivity index (χ2v) is 19.8. The molecule has 0 aromatic carbocycles. The van der Waals surface area contributed by atoms with Crippen molar-refractivity contribution in [1.29, 1.82) is 0 Å². The van der Waals surface area contributed by atoms with Gasteiger partial charge >= 0.3 is 11.4 Å². The van der Waals surface area contributed by atoms with E-state index in [4.69, 9.17) is 9.47 Å². The van der Waals surface area contributed by atoms with Gasteiger partial charge in [-0.15, -0.1) is 0 Å². The van der Waals surface area contributed by atoms with E-state index in [-0.39, 0.29) is 61.1 Å². The maximum atomic E-state index is 13.3. The van der Waals surface area contributed by atoms with Crippen molar-refractivity contribution in [3.63, 3.8) is 0 Å². The lowest BCUT2D eigenvalue weighted by molar-refractivity contribution is -0.0463. The van der Waals surface area contributed by atoms with Gasteiger partial charge in [0.2, 0.25) is 0 Å². The van der Waals surface area contributed by atoms with Gasteiger partial charge in [0.25, 0.3) is 11.1 Å². The summed E-state index contributed by atoms with van der Waals surface area (Å²) in [6.07, 6.45) is 16.9. The van der Waals surface area contributed by atoms with Gasteiger partial charge in [0.15, 0.2) is 0 Å². The second kappa shape index (κ2) is 23.5. The third-order valence-corrected chi connectivity index (χ3v) is 14.0. The quantitative estimate of drug-likeness (QED) is 0.0878. The number of ether oxygens (including phenoxy) is 2. The van der Waals surface area contributed by atoms with Crippen LogP contribution in [0.25, 0.3) is 0 Å². The van der Waals surface area contributed by atoms with E-state index in [0.717, 1.165) is 75.4 Å². The molecule has 0 aliphatic carbocycles. The molecule has 2 aromatic heterocycles. The Balaban J connectivity index is 1.18. The minimum atomic E-state index is -0.882. The predicted octanol–water partition coefficient (Wildman–Crippen LogP) is 6.67. The molecular formula is C50H78N4O10. The van der Waals surface area contributed by atoms with E-state index < -0.39 is 48.3 Å². The molecule has 4 heterocycles. The third kappa shape index (κ3) is 13.8. The fourth-order valence-electron chi connectivity index (χ4n) is 8.64. The molecule has 0 spiro atoms. The highest BCUT2D eigenvalue weighted by atomic mass is 16.5. The SMILES string of the molecule is CC(=CCn1c(=O)c(C)cn([C@H]2C[C@@H](O)[C@@H](CO)O2)c1=O)CCC=C(C)CCCC(C)(C)C(C)(C)CCCC(C)=CCCC(C)=CCn1c(=O)c(C)cn([C@H]2C[C@@H](O)[C@@H](CO)O2)c1=O. The lowest BCUT2D eigenvalue weighted by Crippen LogP contribution is -2.42. The van der Waals surface area contributed by atoms with Crippen LogP contribution >= 0.6 is 0 Å². The van der Waals surface area contributed by atoms with E-state index in [0.29, 0.717) is 11.1 Å². The van der Waals surface area contributed by atoms with Crippen LogP contribution in [0.15, 0.2) is 78.2 Å². The number of hydrogen-bond acceptors (Lipinski definition) is 10. The van der Waals surface area contributed by atoms with E-state index in [1.165, 1.54) is 41.8 Å².